The molecule has 3 heterocycles. The molecule has 2 amide bonds. The molecule has 0 bridgehead atoms. The average molecular weight is 316 g/mol. The minimum Gasteiger partial charge on any atom is -0.369 e. The van der Waals surface area contributed by atoms with Crippen LogP contribution in [0.5, 0.6) is 0 Å². The Hall–Kier alpha value is -2.02. The SMILES string of the molecule is O=C(NC[C@H]1CC[C@H]2[C@H](CN2C(=O)C2CC2)O1)c1cnccn1. The van der Waals surface area contributed by atoms with E-state index in [-0.39, 0.29) is 30.1 Å². The van der Waals surface area contributed by atoms with Crippen LogP contribution in [-0.4, -0.2) is 58.0 Å². The molecule has 0 aromatic carbocycles. The predicted octanol–water partition coefficient (Wildman–Crippen LogP) is 0.375. The summed E-state index contributed by atoms with van der Waals surface area (Å²) < 4.78 is 6.01. The molecule has 0 unspecified atom stereocenters. The lowest BCUT2D eigenvalue weighted by Crippen LogP contribution is -2.66. The summed E-state index contributed by atoms with van der Waals surface area (Å²) in [6, 6.07) is 0.245. The molecule has 7 nitrogen and oxygen atoms in total. The first-order chi connectivity index (χ1) is 11.2. The van der Waals surface area contributed by atoms with Crippen molar-refractivity contribution >= 4 is 11.8 Å². The number of hydrogen-bond acceptors (Lipinski definition) is 5. The van der Waals surface area contributed by atoms with Crippen LogP contribution in [0.2, 0.25) is 0 Å². The average Bonchev–Trinajstić information content (AvgIpc) is 3.40. The maximum Gasteiger partial charge on any atom is 0.271 e. The van der Waals surface area contributed by atoms with Crippen LogP contribution in [-0.2, 0) is 9.53 Å². The monoisotopic (exact) mass is 316 g/mol. The molecule has 3 atom stereocenters. The van der Waals surface area contributed by atoms with E-state index in [2.05, 4.69) is 15.3 Å². The maximum absolute atomic E-state index is 12.1. The summed E-state index contributed by atoms with van der Waals surface area (Å²) in [6.07, 6.45) is 8.52. The first-order valence-corrected chi connectivity index (χ1v) is 8.22. The molecule has 122 valence electrons. The molecule has 2 aliphatic heterocycles. The Balaban J connectivity index is 1.24. The Morgan fingerprint density at radius 2 is 2.13 bits per heavy atom. The van der Waals surface area contributed by atoms with Crippen LogP contribution in [0.25, 0.3) is 0 Å². The maximum atomic E-state index is 12.1. The van der Waals surface area contributed by atoms with Crippen LogP contribution >= 0.6 is 0 Å². The normalized spacial score (nSPS) is 29.4. The van der Waals surface area contributed by atoms with Gasteiger partial charge in [-0.1, -0.05) is 0 Å². The van der Waals surface area contributed by atoms with E-state index < -0.39 is 0 Å². The predicted molar refractivity (Wildman–Crippen MR) is 80.5 cm³/mol. The zero-order chi connectivity index (χ0) is 15.8. The van der Waals surface area contributed by atoms with Gasteiger partial charge in [-0.05, 0) is 25.7 Å². The second kappa shape index (κ2) is 5.88. The van der Waals surface area contributed by atoms with Gasteiger partial charge in [-0.25, -0.2) is 4.98 Å². The first kappa shape index (κ1) is 14.6. The number of ether oxygens (including phenoxy) is 1. The van der Waals surface area contributed by atoms with E-state index in [4.69, 9.17) is 4.74 Å². The van der Waals surface area contributed by atoms with Crippen molar-refractivity contribution in [3.8, 4) is 0 Å². The van der Waals surface area contributed by atoms with Crippen LogP contribution in [0.1, 0.15) is 36.2 Å². The fourth-order valence-electron chi connectivity index (χ4n) is 3.34. The van der Waals surface area contributed by atoms with E-state index in [0.717, 1.165) is 25.7 Å². The van der Waals surface area contributed by atoms with E-state index in [1.807, 2.05) is 4.90 Å². The van der Waals surface area contributed by atoms with E-state index in [1.54, 1.807) is 0 Å². The van der Waals surface area contributed by atoms with E-state index >= 15 is 0 Å². The first-order valence-electron chi connectivity index (χ1n) is 8.22. The lowest BCUT2D eigenvalue weighted by molar-refractivity contribution is -0.182. The Bertz CT molecular complexity index is 605. The molecule has 3 fully saturated rings. The quantitative estimate of drug-likeness (QED) is 0.868. The number of likely N-dealkylation sites (tertiary alicyclic amines) is 1. The Morgan fingerprint density at radius 1 is 1.26 bits per heavy atom. The molecule has 0 radical (unpaired) electrons. The Labute approximate surface area is 134 Å². The highest BCUT2D eigenvalue weighted by atomic mass is 16.5. The molecule has 1 aromatic heterocycles. The van der Waals surface area contributed by atoms with Gasteiger partial charge in [0.1, 0.15) is 5.69 Å². The highest BCUT2D eigenvalue weighted by molar-refractivity contribution is 5.91. The van der Waals surface area contributed by atoms with Gasteiger partial charge >= 0.3 is 0 Å². The van der Waals surface area contributed by atoms with Gasteiger partial charge in [0.25, 0.3) is 5.91 Å². The summed E-state index contributed by atoms with van der Waals surface area (Å²) in [5.41, 5.74) is 0.311. The van der Waals surface area contributed by atoms with Crippen LogP contribution < -0.4 is 5.32 Å². The molecular weight excluding hydrogens is 296 g/mol. The lowest BCUT2D eigenvalue weighted by atomic mass is 9.89. The van der Waals surface area contributed by atoms with Gasteiger partial charge in [0.05, 0.1) is 24.4 Å². The molecular formula is C16H20N4O3. The highest BCUT2D eigenvalue weighted by Crippen LogP contribution is 2.38. The second-order valence-corrected chi connectivity index (χ2v) is 6.51. The van der Waals surface area contributed by atoms with Gasteiger partial charge in [-0.3, -0.25) is 14.6 Å². The largest absolute Gasteiger partial charge is 0.369 e. The standard InChI is InChI=1S/C16H20N4O3/c21-15(12-8-17-5-6-18-12)19-7-11-3-4-13-14(23-11)9-20(13)16(22)10-1-2-10/h5-6,8,10-11,13-14H,1-4,7,9H2,(H,19,21)/t11-,13+,14+/m1/s1. The third-order valence-electron chi connectivity index (χ3n) is 4.85. The van der Waals surface area contributed by atoms with Crippen molar-refractivity contribution in [2.24, 2.45) is 5.92 Å². The summed E-state index contributed by atoms with van der Waals surface area (Å²) in [6.45, 7) is 1.17. The number of fused-ring (bicyclic) bond motifs is 1. The van der Waals surface area contributed by atoms with E-state index in [0.29, 0.717) is 24.7 Å². The third-order valence-corrected chi connectivity index (χ3v) is 4.85. The molecule has 3 aliphatic rings. The fraction of sp³-hybridized carbons (Fsp3) is 0.625. The number of aromatic nitrogens is 2. The van der Waals surface area contributed by atoms with Crippen molar-refractivity contribution in [2.75, 3.05) is 13.1 Å². The lowest BCUT2D eigenvalue weighted by Gasteiger charge is -2.52. The molecule has 4 rings (SSSR count). The number of nitrogens with zero attached hydrogens (tertiary/aromatic N) is 3. The number of carbonyl (C=O) groups is 2. The number of rotatable bonds is 4. The van der Waals surface area contributed by atoms with Crippen LogP contribution in [0.15, 0.2) is 18.6 Å². The Kier molecular flexibility index (Phi) is 3.72. The van der Waals surface area contributed by atoms with Gasteiger partial charge in [-0.15, -0.1) is 0 Å². The Morgan fingerprint density at radius 3 is 2.83 bits per heavy atom. The minimum atomic E-state index is -0.233. The van der Waals surface area contributed by atoms with Crippen molar-refractivity contribution in [2.45, 2.75) is 43.9 Å². The van der Waals surface area contributed by atoms with Crippen molar-refractivity contribution < 1.29 is 14.3 Å². The van der Waals surface area contributed by atoms with Crippen molar-refractivity contribution in [1.82, 2.24) is 20.2 Å². The fourth-order valence-corrected chi connectivity index (χ4v) is 3.34. The van der Waals surface area contributed by atoms with Gasteiger partial charge < -0.3 is 15.0 Å². The van der Waals surface area contributed by atoms with Crippen molar-refractivity contribution in [1.29, 1.82) is 0 Å². The van der Waals surface area contributed by atoms with Gasteiger partial charge in [0.2, 0.25) is 5.91 Å². The molecule has 1 aromatic rings. The number of hydrogen-bond donors (Lipinski definition) is 1. The molecule has 1 aliphatic carbocycles. The van der Waals surface area contributed by atoms with Crippen LogP contribution in [0, 0.1) is 5.92 Å². The zero-order valence-corrected chi connectivity index (χ0v) is 12.9. The van der Waals surface area contributed by atoms with Gasteiger partial charge in [0.15, 0.2) is 0 Å². The second-order valence-electron chi connectivity index (χ2n) is 6.51. The molecule has 1 saturated carbocycles. The smallest absolute Gasteiger partial charge is 0.271 e. The van der Waals surface area contributed by atoms with E-state index in [1.165, 1.54) is 18.6 Å². The van der Waals surface area contributed by atoms with E-state index in [9.17, 15) is 9.59 Å². The molecule has 1 N–H and O–H groups in total. The number of carbonyl (C=O) groups excluding carboxylic acids is 2. The summed E-state index contributed by atoms with van der Waals surface area (Å²) in [4.78, 5) is 33.9. The number of nitrogens with one attached hydrogen (secondary N) is 1. The minimum absolute atomic E-state index is 0.00930. The van der Waals surface area contributed by atoms with Gasteiger partial charge in [-0.2, -0.15) is 0 Å². The zero-order valence-electron chi connectivity index (χ0n) is 12.9. The third kappa shape index (κ3) is 2.93. The topological polar surface area (TPSA) is 84.4 Å². The van der Waals surface area contributed by atoms with Crippen LogP contribution in [0.3, 0.4) is 0 Å². The summed E-state index contributed by atoms with van der Waals surface area (Å²) in [5, 5.41) is 2.84. The summed E-state index contributed by atoms with van der Waals surface area (Å²) in [7, 11) is 0. The summed E-state index contributed by atoms with van der Waals surface area (Å²) in [5.74, 6) is 0.354. The molecule has 23 heavy (non-hydrogen) atoms. The van der Waals surface area contributed by atoms with Crippen molar-refractivity contribution in [3.05, 3.63) is 24.3 Å². The highest BCUT2D eigenvalue weighted by Gasteiger charge is 2.49. The molecule has 0 spiro atoms. The molecule has 7 heteroatoms. The van der Waals surface area contributed by atoms with Crippen LogP contribution in [0.4, 0.5) is 0 Å². The molecule has 2 saturated heterocycles. The van der Waals surface area contributed by atoms with Crippen molar-refractivity contribution in [3.63, 3.8) is 0 Å². The number of amides is 2. The van der Waals surface area contributed by atoms with Gasteiger partial charge in [0, 0.05) is 31.4 Å². The summed E-state index contributed by atoms with van der Waals surface area (Å²) >= 11 is 0.